The Morgan fingerprint density at radius 1 is 1.19 bits per heavy atom. The molecule has 21 heavy (non-hydrogen) atoms. The number of nitrogen functional groups attached to an aromatic ring is 1. The van der Waals surface area contributed by atoms with Crippen molar-refractivity contribution in [1.29, 1.82) is 0 Å². The second kappa shape index (κ2) is 6.10. The quantitative estimate of drug-likeness (QED) is 0.665. The largest absolute Gasteiger partial charge is 0.496 e. The number of methoxy groups -OCH3 is 1. The van der Waals surface area contributed by atoms with Gasteiger partial charge in [-0.05, 0) is 31.7 Å². The Morgan fingerprint density at radius 3 is 2.81 bits per heavy atom. The fraction of sp³-hybridized carbons (Fsp3) is 0.375. The summed E-state index contributed by atoms with van der Waals surface area (Å²) in [5.41, 5.74) is 6.12. The number of hydrogen-bond acceptors (Lipinski definition) is 5. The molecule has 2 aromatic rings. The number of benzene rings is 1. The van der Waals surface area contributed by atoms with Crippen molar-refractivity contribution in [2.24, 2.45) is 5.84 Å². The molecular weight excluding hydrogens is 264 g/mol. The van der Waals surface area contributed by atoms with Gasteiger partial charge in [0.1, 0.15) is 17.4 Å². The van der Waals surface area contributed by atoms with Crippen LogP contribution in [0.15, 0.2) is 24.3 Å². The summed E-state index contributed by atoms with van der Waals surface area (Å²) in [7, 11) is 1.68. The maximum Gasteiger partial charge on any atom is 0.147 e. The number of aryl methyl sites for hydroxylation is 1. The van der Waals surface area contributed by atoms with E-state index in [1.807, 2.05) is 24.3 Å². The number of nitrogens with zero attached hydrogens (tertiary/aromatic N) is 2. The van der Waals surface area contributed by atoms with E-state index in [1.54, 1.807) is 7.11 Å². The summed E-state index contributed by atoms with van der Waals surface area (Å²) in [6, 6.07) is 7.95. The minimum atomic E-state index is 0.645. The third kappa shape index (κ3) is 2.83. The number of fused-ring (bicyclic) bond motifs is 1. The van der Waals surface area contributed by atoms with Crippen molar-refractivity contribution in [2.45, 2.75) is 32.1 Å². The van der Waals surface area contributed by atoms with Crippen LogP contribution >= 0.6 is 0 Å². The summed E-state index contributed by atoms with van der Waals surface area (Å²) >= 11 is 0. The van der Waals surface area contributed by atoms with Crippen LogP contribution in [-0.4, -0.2) is 17.1 Å². The van der Waals surface area contributed by atoms with E-state index in [4.69, 9.17) is 15.6 Å². The molecule has 0 spiro atoms. The number of aromatic nitrogens is 2. The van der Waals surface area contributed by atoms with Crippen LogP contribution in [0.5, 0.6) is 5.75 Å². The van der Waals surface area contributed by atoms with E-state index in [0.717, 1.165) is 41.5 Å². The summed E-state index contributed by atoms with van der Waals surface area (Å²) in [5.74, 6) is 8.04. The van der Waals surface area contributed by atoms with Gasteiger partial charge >= 0.3 is 0 Å². The molecule has 0 aliphatic heterocycles. The summed E-state index contributed by atoms with van der Waals surface area (Å²) < 4.78 is 5.39. The molecule has 3 rings (SSSR count). The molecule has 0 unspecified atom stereocenters. The van der Waals surface area contributed by atoms with E-state index in [2.05, 4.69) is 10.4 Å². The standard InChI is InChI=1S/C16H20N4O/c1-21-14-9-5-2-6-11(14)10-15-18-13-8-4-3-7-12(13)16(19-15)20-17/h2,5-6,9H,3-4,7-8,10,17H2,1H3,(H,18,19,20). The van der Waals surface area contributed by atoms with Crippen LogP contribution in [0.4, 0.5) is 5.82 Å². The zero-order valence-corrected chi connectivity index (χ0v) is 12.2. The molecule has 0 fully saturated rings. The summed E-state index contributed by atoms with van der Waals surface area (Å²) in [6.45, 7) is 0. The van der Waals surface area contributed by atoms with Gasteiger partial charge in [-0.3, -0.25) is 0 Å². The summed E-state index contributed by atoms with van der Waals surface area (Å²) in [4.78, 5) is 9.30. The van der Waals surface area contributed by atoms with Crippen LogP contribution in [0.1, 0.15) is 35.5 Å². The molecular formula is C16H20N4O. The monoisotopic (exact) mass is 284 g/mol. The number of hydrazine groups is 1. The Kier molecular flexibility index (Phi) is 4.01. The van der Waals surface area contributed by atoms with Crippen LogP contribution in [0.2, 0.25) is 0 Å². The molecule has 1 aromatic heterocycles. The molecule has 1 aliphatic carbocycles. The van der Waals surface area contributed by atoms with Gasteiger partial charge in [0.15, 0.2) is 0 Å². The molecule has 1 aliphatic rings. The second-order valence-electron chi connectivity index (χ2n) is 5.25. The first kappa shape index (κ1) is 13.8. The highest BCUT2D eigenvalue weighted by Gasteiger charge is 2.18. The lowest BCUT2D eigenvalue weighted by Crippen LogP contribution is -2.18. The molecule has 0 bridgehead atoms. The van der Waals surface area contributed by atoms with E-state index < -0.39 is 0 Å². The Hall–Kier alpha value is -2.14. The van der Waals surface area contributed by atoms with Gasteiger partial charge in [0, 0.05) is 23.2 Å². The van der Waals surface area contributed by atoms with Crippen LogP contribution in [0, 0.1) is 0 Å². The van der Waals surface area contributed by atoms with Crippen molar-refractivity contribution in [3.8, 4) is 5.75 Å². The summed E-state index contributed by atoms with van der Waals surface area (Å²) in [5, 5.41) is 0. The molecule has 0 amide bonds. The Labute approximate surface area is 124 Å². The predicted molar refractivity (Wildman–Crippen MR) is 82.3 cm³/mol. The van der Waals surface area contributed by atoms with Gasteiger partial charge in [-0.2, -0.15) is 0 Å². The van der Waals surface area contributed by atoms with Gasteiger partial charge in [0.25, 0.3) is 0 Å². The lowest BCUT2D eigenvalue weighted by molar-refractivity contribution is 0.410. The smallest absolute Gasteiger partial charge is 0.147 e. The molecule has 0 saturated carbocycles. The third-order valence-corrected chi connectivity index (χ3v) is 3.91. The van der Waals surface area contributed by atoms with Gasteiger partial charge in [-0.1, -0.05) is 18.2 Å². The van der Waals surface area contributed by atoms with Gasteiger partial charge in [0.05, 0.1) is 7.11 Å². The maximum atomic E-state index is 5.63. The molecule has 1 aromatic carbocycles. The van der Waals surface area contributed by atoms with Crippen molar-refractivity contribution >= 4 is 5.82 Å². The highest BCUT2D eigenvalue weighted by Crippen LogP contribution is 2.26. The van der Waals surface area contributed by atoms with E-state index in [0.29, 0.717) is 6.42 Å². The lowest BCUT2D eigenvalue weighted by atomic mass is 9.96. The first-order valence-corrected chi connectivity index (χ1v) is 7.29. The van der Waals surface area contributed by atoms with Crippen LogP contribution in [-0.2, 0) is 19.3 Å². The number of para-hydroxylation sites is 1. The number of nitrogens with one attached hydrogen (secondary N) is 1. The Bertz CT molecular complexity index is 625. The maximum absolute atomic E-state index is 5.63. The van der Waals surface area contributed by atoms with Crippen molar-refractivity contribution in [3.63, 3.8) is 0 Å². The van der Waals surface area contributed by atoms with E-state index in [1.165, 1.54) is 18.4 Å². The fourth-order valence-corrected chi connectivity index (χ4v) is 2.86. The number of ether oxygens (including phenoxy) is 1. The van der Waals surface area contributed by atoms with Crippen LogP contribution in [0.25, 0.3) is 0 Å². The second-order valence-corrected chi connectivity index (χ2v) is 5.25. The first-order valence-electron chi connectivity index (χ1n) is 7.29. The zero-order valence-electron chi connectivity index (χ0n) is 12.2. The van der Waals surface area contributed by atoms with Gasteiger partial charge in [-0.25, -0.2) is 15.8 Å². The number of nitrogens with two attached hydrogens (primary N) is 1. The average molecular weight is 284 g/mol. The molecule has 5 heteroatoms. The third-order valence-electron chi connectivity index (χ3n) is 3.91. The van der Waals surface area contributed by atoms with Gasteiger partial charge in [0.2, 0.25) is 0 Å². The normalized spacial score (nSPS) is 13.6. The molecule has 0 atom stereocenters. The Balaban J connectivity index is 1.95. The molecule has 1 heterocycles. The average Bonchev–Trinajstić information content (AvgIpc) is 2.54. The molecule has 5 nitrogen and oxygen atoms in total. The first-order chi connectivity index (χ1) is 10.3. The summed E-state index contributed by atoms with van der Waals surface area (Å²) in [6.07, 6.45) is 5.01. The van der Waals surface area contributed by atoms with E-state index in [9.17, 15) is 0 Å². The van der Waals surface area contributed by atoms with Crippen molar-refractivity contribution in [1.82, 2.24) is 9.97 Å². The molecule has 110 valence electrons. The fourth-order valence-electron chi connectivity index (χ4n) is 2.86. The number of hydrogen-bond donors (Lipinski definition) is 2. The highest BCUT2D eigenvalue weighted by atomic mass is 16.5. The minimum absolute atomic E-state index is 0.645. The number of anilines is 1. The van der Waals surface area contributed by atoms with E-state index in [-0.39, 0.29) is 0 Å². The zero-order chi connectivity index (χ0) is 14.7. The topological polar surface area (TPSA) is 73.1 Å². The Morgan fingerprint density at radius 2 is 2.00 bits per heavy atom. The molecule has 3 N–H and O–H groups in total. The van der Waals surface area contributed by atoms with Gasteiger partial charge < -0.3 is 10.2 Å². The van der Waals surface area contributed by atoms with Gasteiger partial charge in [-0.15, -0.1) is 0 Å². The predicted octanol–water partition coefficient (Wildman–Crippen LogP) is 2.24. The van der Waals surface area contributed by atoms with Crippen molar-refractivity contribution < 1.29 is 4.74 Å². The molecule has 0 radical (unpaired) electrons. The SMILES string of the molecule is COc1ccccc1Cc1nc2c(c(NN)n1)CCCC2. The highest BCUT2D eigenvalue weighted by molar-refractivity contribution is 5.47. The lowest BCUT2D eigenvalue weighted by Gasteiger charge is -2.18. The van der Waals surface area contributed by atoms with Crippen molar-refractivity contribution in [3.05, 3.63) is 46.9 Å². The van der Waals surface area contributed by atoms with Crippen LogP contribution in [0.3, 0.4) is 0 Å². The van der Waals surface area contributed by atoms with E-state index >= 15 is 0 Å². The van der Waals surface area contributed by atoms with Crippen molar-refractivity contribution in [2.75, 3.05) is 12.5 Å². The minimum Gasteiger partial charge on any atom is -0.496 e. The van der Waals surface area contributed by atoms with Crippen LogP contribution < -0.4 is 16.0 Å². The number of rotatable bonds is 4. The molecule has 0 saturated heterocycles.